The largest absolute Gasteiger partial charge is 0.391 e. The lowest BCUT2D eigenvalue weighted by Gasteiger charge is -2.17. The molecule has 0 unspecified atom stereocenters. The molecule has 1 aliphatic rings. The first-order valence-corrected chi connectivity index (χ1v) is 7.96. The molecule has 2 heterocycles. The van der Waals surface area contributed by atoms with Gasteiger partial charge >= 0.3 is 0 Å². The van der Waals surface area contributed by atoms with Crippen LogP contribution in [-0.4, -0.2) is 34.4 Å². The van der Waals surface area contributed by atoms with Crippen molar-refractivity contribution in [1.82, 2.24) is 10.1 Å². The lowest BCUT2D eigenvalue weighted by molar-refractivity contribution is 0.137. The van der Waals surface area contributed by atoms with Crippen molar-refractivity contribution in [3.63, 3.8) is 0 Å². The summed E-state index contributed by atoms with van der Waals surface area (Å²) in [5.41, 5.74) is 3.33. The second-order valence-corrected chi connectivity index (χ2v) is 6.67. The molecule has 1 aliphatic heterocycles. The first-order valence-electron chi connectivity index (χ1n) is 7.59. The fraction of sp³-hybridized carbons (Fsp3) is 0.471. The summed E-state index contributed by atoms with van der Waals surface area (Å²) in [7, 11) is 0. The molecule has 1 fully saturated rings. The van der Waals surface area contributed by atoms with Crippen molar-refractivity contribution in [2.75, 3.05) is 13.1 Å². The van der Waals surface area contributed by atoms with Crippen LogP contribution in [0.1, 0.15) is 22.6 Å². The predicted octanol–water partition coefficient (Wildman–Crippen LogP) is 2.98. The highest BCUT2D eigenvalue weighted by molar-refractivity contribution is 6.30. The zero-order valence-electron chi connectivity index (χ0n) is 12.9. The zero-order valence-corrected chi connectivity index (χ0v) is 13.7. The zero-order chi connectivity index (χ0) is 15.7. The number of nitrogens with zero attached hydrogens (tertiary/aromatic N) is 2. The summed E-state index contributed by atoms with van der Waals surface area (Å²) in [4.78, 5) is 2.29. The summed E-state index contributed by atoms with van der Waals surface area (Å²) in [5, 5.41) is 15.0. The van der Waals surface area contributed by atoms with Crippen molar-refractivity contribution in [3.8, 4) is 0 Å². The molecule has 1 aromatic carbocycles. The third-order valence-corrected chi connectivity index (χ3v) is 4.56. The van der Waals surface area contributed by atoms with E-state index in [2.05, 4.69) is 23.0 Å². The molecule has 0 aliphatic carbocycles. The summed E-state index contributed by atoms with van der Waals surface area (Å²) >= 11 is 6.00. The predicted molar refractivity (Wildman–Crippen MR) is 85.9 cm³/mol. The number of likely N-dealkylation sites (tertiary alicyclic amines) is 1. The lowest BCUT2D eigenvalue weighted by atomic mass is 10.0. The number of aliphatic hydroxyl groups excluding tert-OH is 1. The van der Waals surface area contributed by atoms with E-state index in [0.29, 0.717) is 6.54 Å². The fourth-order valence-electron chi connectivity index (χ4n) is 3.12. The third kappa shape index (κ3) is 3.51. The van der Waals surface area contributed by atoms with Crippen LogP contribution in [0.25, 0.3) is 0 Å². The van der Waals surface area contributed by atoms with Crippen LogP contribution >= 0.6 is 11.6 Å². The molecule has 1 N–H and O–H groups in total. The van der Waals surface area contributed by atoms with Gasteiger partial charge in [-0.25, -0.2) is 0 Å². The smallest absolute Gasteiger partial charge is 0.137 e. The lowest BCUT2D eigenvalue weighted by Crippen LogP contribution is -2.21. The summed E-state index contributed by atoms with van der Waals surface area (Å²) in [5.74, 6) is 1.05. The van der Waals surface area contributed by atoms with E-state index in [1.165, 1.54) is 11.1 Å². The van der Waals surface area contributed by atoms with Gasteiger partial charge in [-0.1, -0.05) is 22.8 Å². The Kier molecular flexibility index (Phi) is 4.52. The molecule has 0 amide bonds. The number of benzene rings is 1. The van der Waals surface area contributed by atoms with E-state index in [9.17, 15) is 5.11 Å². The summed E-state index contributed by atoms with van der Waals surface area (Å²) in [6.07, 6.45) is 0.413. The Hall–Kier alpha value is -1.36. The van der Waals surface area contributed by atoms with E-state index in [0.717, 1.165) is 36.0 Å². The van der Waals surface area contributed by atoms with Gasteiger partial charge in [-0.3, -0.25) is 4.90 Å². The molecule has 0 saturated carbocycles. The van der Waals surface area contributed by atoms with Crippen LogP contribution in [0.2, 0.25) is 5.02 Å². The van der Waals surface area contributed by atoms with Gasteiger partial charge < -0.3 is 9.63 Å². The first kappa shape index (κ1) is 15.5. The van der Waals surface area contributed by atoms with Gasteiger partial charge in [0.25, 0.3) is 0 Å². The van der Waals surface area contributed by atoms with Gasteiger partial charge in [0.15, 0.2) is 0 Å². The normalized spacial score (nSPS) is 22.4. The number of aryl methyl sites for hydroxylation is 2. The summed E-state index contributed by atoms with van der Waals surface area (Å²) in [6, 6.07) is 7.92. The molecule has 22 heavy (non-hydrogen) atoms. The van der Waals surface area contributed by atoms with Crippen molar-refractivity contribution < 1.29 is 9.63 Å². The average Bonchev–Trinajstić information content (AvgIpc) is 3.00. The van der Waals surface area contributed by atoms with Crippen LogP contribution in [0.4, 0.5) is 0 Å². The summed E-state index contributed by atoms with van der Waals surface area (Å²) < 4.78 is 5.27. The molecule has 1 saturated heterocycles. The maximum Gasteiger partial charge on any atom is 0.137 e. The molecule has 2 aromatic rings. The van der Waals surface area contributed by atoms with Crippen LogP contribution < -0.4 is 0 Å². The van der Waals surface area contributed by atoms with Gasteiger partial charge in [-0.2, -0.15) is 0 Å². The molecular weight excluding hydrogens is 300 g/mol. The van der Waals surface area contributed by atoms with E-state index in [-0.39, 0.29) is 12.0 Å². The number of rotatable bonds is 4. The second-order valence-electron chi connectivity index (χ2n) is 6.23. The highest BCUT2D eigenvalue weighted by Gasteiger charge is 2.32. The van der Waals surface area contributed by atoms with Crippen molar-refractivity contribution in [3.05, 3.63) is 51.9 Å². The van der Waals surface area contributed by atoms with Crippen LogP contribution in [0.3, 0.4) is 0 Å². The van der Waals surface area contributed by atoms with Gasteiger partial charge in [-0.15, -0.1) is 0 Å². The molecule has 2 atom stereocenters. The van der Waals surface area contributed by atoms with Gasteiger partial charge in [-0.05, 0) is 37.1 Å². The Bertz CT molecular complexity index is 656. The minimum absolute atomic E-state index is 0.194. The number of β-amino-alcohol motifs (C(OH)–C–C–N with tert-alkyl or cyclic N) is 1. The maximum atomic E-state index is 10.3. The van der Waals surface area contributed by atoms with Crippen LogP contribution in [0, 0.1) is 19.8 Å². The van der Waals surface area contributed by atoms with Gasteiger partial charge in [0.2, 0.25) is 0 Å². The van der Waals surface area contributed by atoms with E-state index in [4.69, 9.17) is 16.1 Å². The Morgan fingerprint density at radius 1 is 1.32 bits per heavy atom. The van der Waals surface area contributed by atoms with E-state index in [1.54, 1.807) is 0 Å². The monoisotopic (exact) mass is 320 g/mol. The SMILES string of the molecule is Cc1cc(C[C@@H]2CN(Cc3ccc(Cl)cc3C)C[C@@H]2O)on1. The van der Waals surface area contributed by atoms with Crippen molar-refractivity contribution in [2.24, 2.45) is 5.92 Å². The topological polar surface area (TPSA) is 49.5 Å². The highest BCUT2D eigenvalue weighted by Crippen LogP contribution is 2.25. The molecule has 0 bridgehead atoms. The molecular formula is C17H21ClN2O2. The van der Waals surface area contributed by atoms with Crippen molar-refractivity contribution in [2.45, 2.75) is 32.9 Å². The van der Waals surface area contributed by atoms with Crippen LogP contribution in [0.15, 0.2) is 28.8 Å². The van der Waals surface area contributed by atoms with Crippen LogP contribution in [0.5, 0.6) is 0 Å². The number of aliphatic hydroxyl groups is 1. The van der Waals surface area contributed by atoms with Crippen LogP contribution in [-0.2, 0) is 13.0 Å². The number of halogens is 1. The Labute approximate surface area is 135 Å². The number of hydrogen-bond acceptors (Lipinski definition) is 4. The Morgan fingerprint density at radius 2 is 2.14 bits per heavy atom. The van der Waals surface area contributed by atoms with Gasteiger partial charge in [0.1, 0.15) is 5.76 Å². The molecule has 1 aromatic heterocycles. The molecule has 118 valence electrons. The van der Waals surface area contributed by atoms with Gasteiger partial charge in [0.05, 0.1) is 11.8 Å². The molecule has 5 heteroatoms. The fourth-order valence-corrected chi connectivity index (χ4v) is 3.35. The molecule has 4 nitrogen and oxygen atoms in total. The third-order valence-electron chi connectivity index (χ3n) is 4.32. The van der Waals surface area contributed by atoms with E-state index < -0.39 is 0 Å². The number of aromatic nitrogens is 1. The van der Waals surface area contributed by atoms with Crippen molar-refractivity contribution >= 4 is 11.6 Å². The quantitative estimate of drug-likeness (QED) is 0.941. The van der Waals surface area contributed by atoms with Gasteiger partial charge in [0, 0.05) is 43.1 Å². The maximum absolute atomic E-state index is 10.3. The minimum atomic E-state index is -0.321. The molecule has 0 spiro atoms. The Balaban J connectivity index is 1.62. The van der Waals surface area contributed by atoms with E-state index in [1.807, 2.05) is 25.1 Å². The molecule has 3 rings (SSSR count). The second kappa shape index (κ2) is 6.41. The highest BCUT2D eigenvalue weighted by atomic mass is 35.5. The van der Waals surface area contributed by atoms with E-state index >= 15 is 0 Å². The summed E-state index contributed by atoms with van der Waals surface area (Å²) in [6.45, 7) is 6.38. The Morgan fingerprint density at radius 3 is 2.82 bits per heavy atom. The minimum Gasteiger partial charge on any atom is -0.391 e. The number of hydrogen-bond donors (Lipinski definition) is 1. The average molecular weight is 321 g/mol. The van der Waals surface area contributed by atoms with Crippen molar-refractivity contribution in [1.29, 1.82) is 0 Å². The first-order chi connectivity index (χ1) is 10.5. The molecule has 0 radical (unpaired) electrons. The standard InChI is InChI=1S/C17H21ClN2O2/c1-11-5-15(18)4-3-13(11)8-20-9-14(17(21)10-20)7-16-6-12(2)19-22-16/h3-6,14,17,21H,7-10H2,1-2H3/t14-,17+/m1/s1.